The molecular weight excluding hydrogens is 340 g/mol. The van der Waals surface area contributed by atoms with E-state index >= 15 is 0 Å². The molecule has 0 aliphatic heterocycles. The van der Waals surface area contributed by atoms with Gasteiger partial charge in [0.2, 0.25) is 10.0 Å². The molecule has 2 aromatic carbocycles. The summed E-state index contributed by atoms with van der Waals surface area (Å²) in [6, 6.07) is 11.3. The minimum atomic E-state index is -3.60. The topological polar surface area (TPSA) is 92.2 Å². The molecule has 0 spiro atoms. The molecule has 1 aromatic heterocycles. The lowest BCUT2D eigenvalue weighted by atomic mass is 10.1. The highest BCUT2D eigenvalue weighted by Crippen LogP contribution is 2.16. The SMILES string of the molecule is O=c1[nH]c2cc(CCNS(=O)(=O)c3cccc(Cl)c3)ccc2o1. The summed E-state index contributed by atoms with van der Waals surface area (Å²) < 4.78 is 31.8. The molecular formula is C15H13ClN2O4S. The molecule has 0 radical (unpaired) electrons. The van der Waals surface area contributed by atoms with E-state index in [4.69, 9.17) is 16.0 Å². The number of fused-ring (bicyclic) bond motifs is 1. The average molecular weight is 353 g/mol. The van der Waals surface area contributed by atoms with Crippen molar-refractivity contribution in [3.05, 3.63) is 63.6 Å². The van der Waals surface area contributed by atoms with Gasteiger partial charge in [-0.25, -0.2) is 17.9 Å². The van der Waals surface area contributed by atoms with Crippen molar-refractivity contribution in [3.63, 3.8) is 0 Å². The second-order valence-corrected chi connectivity index (χ2v) is 7.15. The fraction of sp³-hybridized carbons (Fsp3) is 0.133. The largest absolute Gasteiger partial charge is 0.417 e. The van der Waals surface area contributed by atoms with E-state index in [2.05, 4.69) is 9.71 Å². The number of aromatic amines is 1. The molecule has 120 valence electrons. The van der Waals surface area contributed by atoms with Crippen molar-refractivity contribution in [2.45, 2.75) is 11.3 Å². The van der Waals surface area contributed by atoms with Gasteiger partial charge in [-0.2, -0.15) is 0 Å². The molecule has 0 saturated carbocycles. The Morgan fingerprint density at radius 2 is 2.00 bits per heavy atom. The first-order valence-electron chi connectivity index (χ1n) is 6.81. The molecule has 0 aliphatic rings. The first kappa shape index (κ1) is 15.8. The van der Waals surface area contributed by atoms with E-state index in [1.54, 1.807) is 30.3 Å². The number of H-pyrrole nitrogens is 1. The number of benzene rings is 2. The van der Waals surface area contributed by atoms with Crippen LogP contribution < -0.4 is 10.5 Å². The summed E-state index contributed by atoms with van der Waals surface area (Å²) in [6.07, 6.45) is 0.475. The Morgan fingerprint density at radius 1 is 1.17 bits per heavy atom. The predicted molar refractivity (Wildman–Crippen MR) is 87.2 cm³/mol. The molecule has 3 rings (SSSR count). The van der Waals surface area contributed by atoms with Crippen LogP contribution in [0.5, 0.6) is 0 Å². The summed E-state index contributed by atoms with van der Waals surface area (Å²) in [6.45, 7) is 0.225. The van der Waals surface area contributed by atoms with Gasteiger partial charge in [-0.3, -0.25) is 4.98 Å². The summed E-state index contributed by atoms with van der Waals surface area (Å²) in [4.78, 5) is 13.8. The number of rotatable bonds is 5. The van der Waals surface area contributed by atoms with E-state index in [9.17, 15) is 13.2 Å². The van der Waals surface area contributed by atoms with E-state index < -0.39 is 15.8 Å². The van der Waals surface area contributed by atoms with Gasteiger partial charge >= 0.3 is 5.76 Å². The van der Waals surface area contributed by atoms with Crippen molar-refractivity contribution in [1.82, 2.24) is 9.71 Å². The van der Waals surface area contributed by atoms with Gasteiger partial charge < -0.3 is 4.42 Å². The second-order valence-electron chi connectivity index (χ2n) is 4.95. The van der Waals surface area contributed by atoms with Crippen LogP contribution in [-0.2, 0) is 16.4 Å². The lowest BCUT2D eigenvalue weighted by molar-refractivity contribution is 0.555. The lowest BCUT2D eigenvalue weighted by Crippen LogP contribution is -2.26. The standard InChI is InChI=1S/C15H13ClN2O4S/c16-11-2-1-3-12(9-11)23(20,21)17-7-6-10-4-5-14-13(8-10)18-15(19)22-14/h1-5,8-9,17H,6-7H2,(H,18,19). The summed E-state index contributed by atoms with van der Waals surface area (Å²) in [7, 11) is -3.60. The maximum absolute atomic E-state index is 12.2. The van der Waals surface area contributed by atoms with Gasteiger partial charge in [0, 0.05) is 11.6 Å². The average Bonchev–Trinajstić information content (AvgIpc) is 2.86. The highest BCUT2D eigenvalue weighted by atomic mass is 35.5. The Hall–Kier alpha value is -2.09. The zero-order valence-electron chi connectivity index (χ0n) is 11.9. The third-order valence-electron chi connectivity index (χ3n) is 3.30. The van der Waals surface area contributed by atoms with E-state index in [1.165, 1.54) is 12.1 Å². The number of sulfonamides is 1. The number of hydrogen-bond donors (Lipinski definition) is 2. The molecule has 2 N–H and O–H groups in total. The molecule has 0 atom stereocenters. The predicted octanol–water partition coefficient (Wildman–Crippen LogP) is 2.30. The van der Waals surface area contributed by atoms with Crippen LogP contribution in [0.15, 0.2) is 56.6 Å². The van der Waals surface area contributed by atoms with Crippen molar-refractivity contribution in [1.29, 1.82) is 0 Å². The van der Waals surface area contributed by atoms with E-state index in [0.29, 0.717) is 22.5 Å². The fourth-order valence-corrected chi connectivity index (χ4v) is 3.53. The van der Waals surface area contributed by atoms with Crippen molar-refractivity contribution in [2.24, 2.45) is 0 Å². The minimum absolute atomic E-state index is 0.125. The quantitative estimate of drug-likeness (QED) is 0.737. The number of nitrogens with one attached hydrogen (secondary N) is 2. The smallest absolute Gasteiger partial charge is 0.408 e. The Morgan fingerprint density at radius 3 is 2.78 bits per heavy atom. The van der Waals surface area contributed by atoms with Gasteiger partial charge in [-0.1, -0.05) is 23.7 Å². The molecule has 1 heterocycles. The van der Waals surface area contributed by atoms with E-state index in [0.717, 1.165) is 5.56 Å². The first-order valence-corrected chi connectivity index (χ1v) is 8.67. The van der Waals surface area contributed by atoms with Crippen molar-refractivity contribution in [2.75, 3.05) is 6.54 Å². The third-order valence-corrected chi connectivity index (χ3v) is 4.99. The Balaban J connectivity index is 1.69. The second kappa shape index (κ2) is 6.19. The monoisotopic (exact) mass is 352 g/mol. The zero-order chi connectivity index (χ0) is 16.4. The van der Waals surface area contributed by atoms with Gasteiger partial charge in [0.15, 0.2) is 5.58 Å². The third kappa shape index (κ3) is 3.64. The lowest BCUT2D eigenvalue weighted by Gasteiger charge is -2.07. The Bertz CT molecular complexity index is 1010. The molecule has 0 saturated heterocycles. The molecule has 0 fully saturated rings. The number of oxazole rings is 1. The fourth-order valence-electron chi connectivity index (χ4n) is 2.20. The summed E-state index contributed by atoms with van der Waals surface area (Å²) in [5.41, 5.74) is 1.94. The van der Waals surface area contributed by atoms with Crippen molar-refractivity contribution in [3.8, 4) is 0 Å². The van der Waals surface area contributed by atoms with Crippen LogP contribution in [0.4, 0.5) is 0 Å². The van der Waals surface area contributed by atoms with Gasteiger partial charge in [-0.15, -0.1) is 0 Å². The van der Waals surface area contributed by atoms with Gasteiger partial charge in [0.25, 0.3) is 0 Å². The summed E-state index contributed by atoms with van der Waals surface area (Å²) >= 11 is 5.81. The van der Waals surface area contributed by atoms with Gasteiger partial charge in [-0.05, 0) is 42.3 Å². The van der Waals surface area contributed by atoms with Crippen LogP contribution in [0.1, 0.15) is 5.56 Å². The van der Waals surface area contributed by atoms with Crippen LogP contribution in [-0.4, -0.2) is 19.9 Å². The first-order chi connectivity index (χ1) is 10.9. The summed E-state index contributed by atoms with van der Waals surface area (Å²) in [5.74, 6) is -0.515. The van der Waals surface area contributed by atoms with Crippen LogP contribution >= 0.6 is 11.6 Å². The van der Waals surface area contributed by atoms with Crippen molar-refractivity contribution < 1.29 is 12.8 Å². The molecule has 6 nitrogen and oxygen atoms in total. The van der Waals surface area contributed by atoms with E-state index in [-0.39, 0.29) is 11.4 Å². The van der Waals surface area contributed by atoms with Crippen LogP contribution in [0, 0.1) is 0 Å². The summed E-state index contributed by atoms with van der Waals surface area (Å²) in [5, 5.41) is 0.363. The van der Waals surface area contributed by atoms with Gasteiger partial charge in [0.1, 0.15) is 0 Å². The molecule has 3 aromatic rings. The highest BCUT2D eigenvalue weighted by molar-refractivity contribution is 7.89. The van der Waals surface area contributed by atoms with Crippen LogP contribution in [0.25, 0.3) is 11.1 Å². The highest BCUT2D eigenvalue weighted by Gasteiger charge is 2.13. The Kier molecular flexibility index (Phi) is 4.25. The van der Waals surface area contributed by atoms with Crippen LogP contribution in [0.3, 0.4) is 0 Å². The molecule has 0 bridgehead atoms. The Labute approximate surface area is 137 Å². The van der Waals surface area contributed by atoms with Gasteiger partial charge in [0.05, 0.1) is 10.4 Å². The molecule has 8 heteroatoms. The normalized spacial score (nSPS) is 11.9. The van der Waals surface area contributed by atoms with Crippen molar-refractivity contribution >= 4 is 32.7 Å². The number of halogens is 1. The molecule has 23 heavy (non-hydrogen) atoms. The molecule has 0 amide bonds. The zero-order valence-corrected chi connectivity index (χ0v) is 13.4. The molecule has 0 unspecified atom stereocenters. The molecule has 0 aliphatic carbocycles. The maximum atomic E-state index is 12.2. The van der Waals surface area contributed by atoms with E-state index in [1.807, 2.05) is 0 Å². The number of hydrogen-bond acceptors (Lipinski definition) is 4. The maximum Gasteiger partial charge on any atom is 0.417 e. The van der Waals surface area contributed by atoms with Crippen LogP contribution in [0.2, 0.25) is 5.02 Å². The minimum Gasteiger partial charge on any atom is -0.408 e. The number of aromatic nitrogens is 1.